The van der Waals surface area contributed by atoms with E-state index in [9.17, 15) is 0 Å². The Bertz CT molecular complexity index is 326. The quantitative estimate of drug-likeness (QED) is 0.746. The number of nitrogens with two attached hydrogens (primary N) is 1. The van der Waals surface area contributed by atoms with Gasteiger partial charge in [-0.2, -0.15) is 4.98 Å². The molecule has 1 aromatic heterocycles. The lowest BCUT2D eigenvalue weighted by molar-refractivity contribution is -0.0134. The molecule has 6 heteroatoms. The molecule has 1 aliphatic rings. The molecule has 1 heterocycles. The fraction of sp³-hybridized carbons (Fsp3) is 0.778. The zero-order valence-corrected chi connectivity index (χ0v) is 8.93. The number of hydrogen-bond donors (Lipinski definition) is 2. The number of aryl methyl sites for hydroxylation is 1. The molecule has 0 amide bonds. The normalized spacial score (nSPS) is 29.9. The number of rotatable bonds is 4. The van der Waals surface area contributed by atoms with Crippen LogP contribution < -0.4 is 11.1 Å². The van der Waals surface area contributed by atoms with E-state index in [-0.39, 0.29) is 18.2 Å². The molecular formula is C9H16N4O2. The van der Waals surface area contributed by atoms with Gasteiger partial charge >= 0.3 is 6.01 Å². The van der Waals surface area contributed by atoms with Crippen molar-refractivity contribution in [3.8, 4) is 0 Å². The van der Waals surface area contributed by atoms with Gasteiger partial charge in [0, 0.05) is 12.6 Å². The number of anilines is 1. The van der Waals surface area contributed by atoms with Gasteiger partial charge in [0.1, 0.15) is 0 Å². The number of nitrogens with one attached hydrogen (secondary N) is 1. The summed E-state index contributed by atoms with van der Waals surface area (Å²) in [4.78, 5) is 4.06. The minimum Gasteiger partial charge on any atom is -0.376 e. The van der Waals surface area contributed by atoms with Crippen molar-refractivity contribution < 1.29 is 9.26 Å². The summed E-state index contributed by atoms with van der Waals surface area (Å²) in [6.07, 6.45) is 1.02. The van der Waals surface area contributed by atoms with Crippen LogP contribution in [0.3, 0.4) is 0 Å². The maximum atomic E-state index is 5.87. The van der Waals surface area contributed by atoms with Crippen molar-refractivity contribution in [2.75, 3.05) is 11.9 Å². The molecule has 0 bridgehead atoms. The number of aromatic nitrogens is 2. The second kappa shape index (κ2) is 4.16. The lowest BCUT2D eigenvalue weighted by Gasteiger charge is -2.41. The number of nitrogens with zero attached hydrogens (tertiary/aromatic N) is 2. The highest BCUT2D eigenvalue weighted by Gasteiger charge is 2.40. The fourth-order valence-electron chi connectivity index (χ4n) is 1.73. The molecule has 1 fully saturated rings. The molecule has 3 atom stereocenters. The summed E-state index contributed by atoms with van der Waals surface area (Å²) in [6, 6.07) is 0.580. The third kappa shape index (κ3) is 2.10. The van der Waals surface area contributed by atoms with Crippen LogP contribution in [0.1, 0.15) is 19.2 Å². The monoisotopic (exact) mass is 212 g/mol. The number of ether oxygens (including phenoxy) is 1. The largest absolute Gasteiger partial charge is 0.376 e. The first-order valence-corrected chi connectivity index (χ1v) is 5.14. The van der Waals surface area contributed by atoms with Crippen LogP contribution in [0.25, 0.3) is 0 Å². The molecule has 0 saturated heterocycles. The Morgan fingerprint density at radius 3 is 3.00 bits per heavy atom. The first-order chi connectivity index (χ1) is 7.20. The summed E-state index contributed by atoms with van der Waals surface area (Å²) in [5, 5.41) is 6.79. The summed E-state index contributed by atoms with van der Waals surface area (Å²) in [5.74, 6) is 0.610. The highest BCUT2D eigenvalue weighted by molar-refractivity contribution is 5.25. The summed E-state index contributed by atoms with van der Waals surface area (Å²) >= 11 is 0. The Balaban J connectivity index is 1.93. The fourth-order valence-corrected chi connectivity index (χ4v) is 1.73. The summed E-state index contributed by atoms with van der Waals surface area (Å²) in [5.41, 5.74) is 5.87. The van der Waals surface area contributed by atoms with Gasteiger partial charge in [-0.25, -0.2) is 0 Å². The van der Waals surface area contributed by atoms with E-state index in [1.165, 1.54) is 0 Å². The van der Waals surface area contributed by atoms with Crippen molar-refractivity contribution in [1.82, 2.24) is 10.1 Å². The van der Waals surface area contributed by atoms with Crippen LogP contribution in [0.15, 0.2) is 4.52 Å². The minimum atomic E-state index is 0.0739. The molecule has 1 saturated carbocycles. The summed E-state index contributed by atoms with van der Waals surface area (Å²) < 4.78 is 10.5. The molecule has 6 nitrogen and oxygen atoms in total. The molecule has 3 N–H and O–H groups in total. The Labute approximate surface area is 88.2 Å². The van der Waals surface area contributed by atoms with E-state index in [1.807, 2.05) is 6.92 Å². The van der Waals surface area contributed by atoms with Crippen molar-refractivity contribution in [2.24, 2.45) is 5.73 Å². The molecular weight excluding hydrogens is 196 g/mol. The van der Waals surface area contributed by atoms with Crippen LogP contribution >= 0.6 is 0 Å². The van der Waals surface area contributed by atoms with E-state index in [0.29, 0.717) is 18.4 Å². The minimum absolute atomic E-state index is 0.0739. The van der Waals surface area contributed by atoms with E-state index in [4.69, 9.17) is 15.0 Å². The van der Waals surface area contributed by atoms with Crippen molar-refractivity contribution in [2.45, 2.75) is 38.5 Å². The Kier molecular flexibility index (Phi) is 2.88. The SMILES string of the molecule is CCOC1CC(N)C1Nc1nc(C)no1. The van der Waals surface area contributed by atoms with Gasteiger partial charge in [-0.15, -0.1) is 0 Å². The Morgan fingerprint density at radius 2 is 2.47 bits per heavy atom. The van der Waals surface area contributed by atoms with E-state index < -0.39 is 0 Å². The van der Waals surface area contributed by atoms with Crippen LogP contribution in [-0.4, -0.2) is 34.9 Å². The first kappa shape index (κ1) is 10.4. The predicted molar refractivity (Wildman–Crippen MR) is 54.5 cm³/mol. The van der Waals surface area contributed by atoms with E-state index in [1.54, 1.807) is 6.92 Å². The molecule has 1 aliphatic carbocycles. The Morgan fingerprint density at radius 1 is 1.67 bits per heavy atom. The van der Waals surface area contributed by atoms with Gasteiger partial charge in [-0.1, -0.05) is 5.16 Å². The van der Waals surface area contributed by atoms with Crippen LogP contribution in [0.4, 0.5) is 6.01 Å². The van der Waals surface area contributed by atoms with Gasteiger partial charge in [0.15, 0.2) is 5.82 Å². The second-order valence-electron chi connectivity index (χ2n) is 3.71. The molecule has 0 aliphatic heterocycles. The van der Waals surface area contributed by atoms with Crippen LogP contribution in [0, 0.1) is 6.92 Å². The maximum Gasteiger partial charge on any atom is 0.321 e. The molecule has 1 aromatic rings. The third-order valence-corrected chi connectivity index (χ3v) is 2.56. The average Bonchev–Trinajstić information content (AvgIpc) is 2.61. The second-order valence-corrected chi connectivity index (χ2v) is 3.71. The Hall–Kier alpha value is -1.14. The highest BCUT2D eigenvalue weighted by atomic mass is 16.5. The third-order valence-electron chi connectivity index (χ3n) is 2.56. The molecule has 84 valence electrons. The van der Waals surface area contributed by atoms with Crippen LogP contribution in [-0.2, 0) is 4.74 Å². The zero-order chi connectivity index (χ0) is 10.8. The molecule has 3 unspecified atom stereocenters. The van der Waals surface area contributed by atoms with Gasteiger partial charge in [0.2, 0.25) is 0 Å². The lowest BCUT2D eigenvalue weighted by Crippen LogP contribution is -2.60. The molecule has 0 radical (unpaired) electrons. The van der Waals surface area contributed by atoms with Crippen LogP contribution in [0.2, 0.25) is 0 Å². The van der Waals surface area contributed by atoms with E-state index in [0.717, 1.165) is 6.42 Å². The lowest BCUT2D eigenvalue weighted by atomic mass is 9.83. The van der Waals surface area contributed by atoms with Gasteiger partial charge in [-0.3, -0.25) is 0 Å². The highest BCUT2D eigenvalue weighted by Crippen LogP contribution is 2.25. The van der Waals surface area contributed by atoms with E-state index in [2.05, 4.69) is 15.5 Å². The molecule has 2 rings (SSSR count). The van der Waals surface area contributed by atoms with Crippen molar-refractivity contribution in [1.29, 1.82) is 0 Å². The van der Waals surface area contributed by atoms with Gasteiger partial charge in [0.05, 0.1) is 12.1 Å². The van der Waals surface area contributed by atoms with Crippen molar-refractivity contribution in [3.63, 3.8) is 0 Å². The smallest absolute Gasteiger partial charge is 0.321 e. The molecule has 15 heavy (non-hydrogen) atoms. The van der Waals surface area contributed by atoms with Gasteiger partial charge < -0.3 is 20.3 Å². The van der Waals surface area contributed by atoms with Crippen LogP contribution in [0.5, 0.6) is 0 Å². The van der Waals surface area contributed by atoms with E-state index >= 15 is 0 Å². The van der Waals surface area contributed by atoms with Gasteiger partial charge in [-0.05, 0) is 20.3 Å². The summed E-state index contributed by atoms with van der Waals surface area (Å²) in [6.45, 7) is 4.44. The average molecular weight is 212 g/mol. The maximum absolute atomic E-state index is 5.87. The predicted octanol–water partition coefficient (Wildman–Crippen LogP) is 0.295. The number of hydrogen-bond acceptors (Lipinski definition) is 6. The topological polar surface area (TPSA) is 86.2 Å². The first-order valence-electron chi connectivity index (χ1n) is 5.14. The molecule has 0 aromatic carbocycles. The van der Waals surface area contributed by atoms with Crippen molar-refractivity contribution in [3.05, 3.63) is 5.82 Å². The standard InChI is InChI=1S/C9H16N4O2/c1-3-14-7-4-6(10)8(7)12-9-11-5(2)13-15-9/h6-8H,3-4,10H2,1-2H3,(H,11,12,13). The zero-order valence-electron chi connectivity index (χ0n) is 8.93. The van der Waals surface area contributed by atoms with Crippen molar-refractivity contribution >= 4 is 6.01 Å². The summed E-state index contributed by atoms with van der Waals surface area (Å²) in [7, 11) is 0. The van der Waals surface area contributed by atoms with Gasteiger partial charge in [0.25, 0.3) is 0 Å². The molecule has 0 spiro atoms.